The highest BCUT2D eigenvalue weighted by atomic mass is 19.4. The first-order valence-electron chi connectivity index (χ1n) is 14.1. The number of pyridine rings is 1. The lowest BCUT2D eigenvalue weighted by Gasteiger charge is -2.41. The van der Waals surface area contributed by atoms with Crippen LogP contribution in [0.4, 0.5) is 32.2 Å². The van der Waals surface area contributed by atoms with Crippen LogP contribution < -0.4 is 4.90 Å². The molecule has 1 unspecified atom stereocenters. The van der Waals surface area contributed by atoms with Gasteiger partial charge in [-0.2, -0.15) is 26.3 Å². The van der Waals surface area contributed by atoms with E-state index in [0.29, 0.717) is 6.04 Å². The number of carbonyl (C=O) groups is 2. The standard InChI is InChI=1S/C23H33N5O.2C2HF3O2/c1-2-22-24-20(16-28(22)23(3-1)26-10-12-29-13-11-26)21-17-25(14-18-4-5-18)8-9-27(21)15-19-6-7-19;2*3-2(4,5)1(6)7/h1-3,16,18-19,21H,4-15,17H2;2*(H,6,7). The van der Waals surface area contributed by atoms with Gasteiger partial charge in [0.05, 0.1) is 24.9 Å². The highest BCUT2D eigenvalue weighted by Gasteiger charge is 2.39. The number of halogens is 6. The number of aromatic nitrogens is 2. The number of ether oxygens (including phenoxy) is 1. The lowest BCUT2D eigenvalue weighted by atomic mass is 10.1. The predicted octanol–water partition coefficient (Wildman–Crippen LogP) is 3.92. The molecular formula is C27H35F6N5O5. The third kappa shape index (κ3) is 9.69. The van der Waals surface area contributed by atoms with Gasteiger partial charge in [0.1, 0.15) is 11.5 Å². The fraction of sp³-hybridized carbons (Fsp3) is 0.667. The maximum atomic E-state index is 10.6. The molecule has 2 aromatic heterocycles. The molecule has 6 rings (SSSR count). The maximum Gasteiger partial charge on any atom is 0.490 e. The number of nitrogens with zero attached hydrogens (tertiary/aromatic N) is 5. The largest absolute Gasteiger partial charge is 0.490 e. The second-order valence-corrected chi connectivity index (χ2v) is 11.1. The zero-order chi connectivity index (χ0) is 31.4. The van der Waals surface area contributed by atoms with E-state index >= 15 is 0 Å². The van der Waals surface area contributed by atoms with Crippen LogP contribution in [-0.4, -0.2) is 113 Å². The number of anilines is 1. The summed E-state index contributed by atoms with van der Waals surface area (Å²) in [6.07, 6.45) is -2.14. The van der Waals surface area contributed by atoms with Crippen molar-refractivity contribution in [1.82, 2.24) is 19.2 Å². The van der Waals surface area contributed by atoms with E-state index in [9.17, 15) is 26.3 Å². The Morgan fingerprint density at radius 3 is 1.95 bits per heavy atom. The summed E-state index contributed by atoms with van der Waals surface area (Å²) in [6.45, 7) is 9.65. The van der Waals surface area contributed by atoms with E-state index in [1.807, 2.05) is 0 Å². The van der Waals surface area contributed by atoms with E-state index in [4.69, 9.17) is 29.5 Å². The minimum Gasteiger partial charge on any atom is -0.475 e. The molecule has 240 valence electrons. The Hall–Kier alpha value is -3.11. The van der Waals surface area contributed by atoms with Crippen LogP contribution in [0.5, 0.6) is 0 Å². The Morgan fingerprint density at radius 1 is 0.860 bits per heavy atom. The van der Waals surface area contributed by atoms with Gasteiger partial charge in [0.25, 0.3) is 0 Å². The van der Waals surface area contributed by atoms with Crippen LogP contribution in [-0.2, 0) is 14.3 Å². The van der Waals surface area contributed by atoms with Crippen molar-refractivity contribution in [3.63, 3.8) is 0 Å². The molecule has 0 aromatic carbocycles. The van der Waals surface area contributed by atoms with E-state index in [2.05, 4.69) is 43.5 Å². The molecular weight excluding hydrogens is 588 g/mol. The number of hydrogen-bond donors (Lipinski definition) is 2. The summed E-state index contributed by atoms with van der Waals surface area (Å²) in [7, 11) is 0. The molecule has 2 aliphatic carbocycles. The number of alkyl halides is 6. The molecule has 0 radical (unpaired) electrons. The number of piperazine rings is 1. The zero-order valence-electron chi connectivity index (χ0n) is 23.4. The minimum atomic E-state index is -5.08. The van der Waals surface area contributed by atoms with Gasteiger partial charge < -0.3 is 19.8 Å². The number of aliphatic carboxylic acids is 2. The third-order valence-electron chi connectivity index (χ3n) is 7.63. The van der Waals surface area contributed by atoms with Gasteiger partial charge >= 0.3 is 24.3 Å². The van der Waals surface area contributed by atoms with Crippen molar-refractivity contribution in [3.05, 3.63) is 30.1 Å². The second-order valence-electron chi connectivity index (χ2n) is 11.1. The van der Waals surface area contributed by atoms with Crippen LogP contribution >= 0.6 is 0 Å². The van der Waals surface area contributed by atoms with Crippen molar-refractivity contribution in [2.45, 2.75) is 44.1 Å². The molecule has 2 N–H and O–H groups in total. The molecule has 2 aliphatic heterocycles. The SMILES string of the molecule is O=C(O)C(F)(F)F.O=C(O)C(F)(F)F.c1cc(N2CCOCC2)n2cc(C3CN(CC4CC4)CCN3CC3CC3)nc2c1. The molecule has 10 nitrogen and oxygen atoms in total. The fourth-order valence-electron chi connectivity index (χ4n) is 5.07. The van der Waals surface area contributed by atoms with Gasteiger partial charge in [-0.05, 0) is 49.7 Å². The van der Waals surface area contributed by atoms with Crippen molar-refractivity contribution >= 4 is 23.4 Å². The number of fused-ring (bicyclic) bond motifs is 1. The van der Waals surface area contributed by atoms with E-state index in [0.717, 1.165) is 50.3 Å². The topological polar surface area (TPSA) is 111 Å². The summed E-state index contributed by atoms with van der Waals surface area (Å²) < 4.78 is 71.3. The average Bonchev–Trinajstić information content (AvgIpc) is 3.88. The molecule has 4 aliphatic rings. The monoisotopic (exact) mass is 623 g/mol. The summed E-state index contributed by atoms with van der Waals surface area (Å²) >= 11 is 0. The fourth-order valence-corrected chi connectivity index (χ4v) is 5.07. The van der Waals surface area contributed by atoms with Crippen molar-refractivity contribution in [3.8, 4) is 0 Å². The number of carboxylic acids is 2. The molecule has 0 spiro atoms. The molecule has 0 bridgehead atoms. The lowest BCUT2D eigenvalue weighted by molar-refractivity contribution is -0.193. The summed E-state index contributed by atoms with van der Waals surface area (Å²) in [5.41, 5.74) is 2.33. The van der Waals surface area contributed by atoms with Crippen molar-refractivity contribution in [1.29, 1.82) is 0 Å². The highest BCUT2D eigenvalue weighted by molar-refractivity contribution is 5.73. The minimum absolute atomic E-state index is 0.431. The number of imidazole rings is 1. The molecule has 43 heavy (non-hydrogen) atoms. The van der Waals surface area contributed by atoms with E-state index in [1.165, 1.54) is 63.4 Å². The lowest BCUT2D eigenvalue weighted by Crippen LogP contribution is -2.49. The first-order valence-corrected chi connectivity index (χ1v) is 14.1. The van der Waals surface area contributed by atoms with Gasteiger partial charge in [-0.15, -0.1) is 0 Å². The second kappa shape index (κ2) is 13.7. The predicted molar refractivity (Wildman–Crippen MR) is 142 cm³/mol. The number of carboxylic acid groups (broad SMARTS) is 2. The molecule has 0 amide bonds. The Labute approximate surface area is 243 Å². The number of morpholine rings is 1. The smallest absolute Gasteiger partial charge is 0.475 e. The first kappa shape index (κ1) is 32.8. The van der Waals surface area contributed by atoms with Crippen LogP contribution in [0.25, 0.3) is 5.65 Å². The molecule has 1 atom stereocenters. The Balaban J connectivity index is 0.000000254. The van der Waals surface area contributed by atoms with Crippen molar-refractivity contribution in [2.75, 3.05) is 63.9 Å². The maximum absolute atomic E-state index is 10.6. The van der Waals surface area contributed by atoms with Gasteiger partial charge in [-0.1, -0.05) is 6.07 Å². The summed E-state index contributed by atoms with van der Waals surface area (Å²) in [5.74, 6) is -2.38. The van der Waals surface area contributed by atoms with E-state index in [1.54, 1.807) is 0 Å². The third-order valence-corrected chi connectivity index (χ3v) is 7.63. The van der Waals surface area contributed by atoms with Gasteiger partial charge in [0.15, 0.2) is 0 Å². The van der Waals surface area contributed by atoms with Crippen LogP contribution in [0, 0.1) is 11.8 Å². The molecule has 16 heteroatoms. The summed E-state index contributed by atoms with van der Waals surface area (Å²) in [4.78, 5) is 30.8. The Kier molecular flexibility index (Phi) is 10.4. The molecule has 4 heterocycles. The summed E-state index contributed by atoms with van der Waals surface area (Å²) in [5, 5.41) is 14.2. The normalized spacial score (nSPS) is 21.9. The zero-order valence-corrected chi connectivity index (χ0v) is 23.4. The van der Waals surface area contributed by atoms with Crippen LogP contribution in [0.3, 0.4) is 0 Å². The summed E-state index contributed by atoms with van der Waals surface area (Å²) in [6, 6.07) is 6.97. The van der Waals surface area contributed by atoms with Gasteiger partial charge in [-0.25, -0.2) is 14.6 Å². The molecule has 2 aromatic rings. The first-order chi connectivity index (χ1) is 20.2. The Bertz CT molecular complexity index is 1220. The van der Waals surface area contributed by atoms with Crippen molar-refractivity contribution in [2.24, 2.45) is 11.8 Å². The van der Waals surface area contributed by atoms with Crippen LogP contribution in [0.1, 0.15) is 37.4 Å². The molecule has 2 saturated heterocycles. The average molecular weight is 624 g/mol. The van der Waals surface area contributed by atoms with E-state index < -0.39 is 24.3 Å². The van der Waals surface area contributed by atoms with Gasteiger partial charge in [0, 0.05) is 52.0 Å². The van der Waals surface area contributed by atoms with Gasteiger partial charge in [0.2, 0.25) is 0 Å². The van der Waals surface area contributed by atoms with Crippen LogP contribution in [0.15, 0.2) is 24.4 Å². The number of hydrogen-bond acceptors (Lipinski definition) is 7. The van der Waals surface area contributed by atoms with E-state index in [-0.39, 0.29) is 0 Å². The van der Waals surface area contributed by atoms with Gasteiger partial charge in [-0.3, -0.25) is 14.2 Å². The highest BCUT2D eigenvalue weighted by Crippen LogP contribution is 2.36. The molecule has 2 saturated carbocycles. The quantitative estimate of drug-likeness (QED) is 0.463. The van der Waals surface area contributed by atoms with Crippen LogP contribution in [0.2, 0.25) is 0 Å². The number of rotatable bonds is 6. The molecule has 4 fully saturated rings. The van der Waals surface area contributed by atoms with Crippen molar-refractivity contribution < 1.29 is 50.9 Å². The Morgan fingerprint density at radius 2 is 1.42 bits per heavy atom.